The fourth-order valence-electron chi connectivity index (χ4n) is 1.10. The van der Waals surface area contributed by atoms with Gasteiger partial charge in [0.15, 0.2) is 0 Å². The molecule has 13 heavy (non-hydrogen) atoms. The van der Waals surface area contributed by atoms with E-state index in [2.05, 4.69) is 5.32 Å². The monoisotopic (exact) mass is 186 g/mol. The summed E-state index contributed by atoms with van der Waals surface area (Å²) in [5.41, 5.74) is -0.456. The van der Waals surface area contributed by atoms with Crippen LogP contribution in [0.5, 0.6) is 0 Å². The van der Waals surface area contributed by atoms with Crippen molar-refractivity contribution in [2.45, 2.75) is 27.7 Å². The van der Waals surface area contributed by atoms with Gasteiger partial charge in [0.1, 0.15) is 0 Å². The summed E-state index contributed by atoms with van der Waals surface area (Å²) in [6.07, 6.45) is 0. The number of urea groups is 1. The van der Waals surface area contributed by atoms with Crippen molar-refractivity contribution in [3.05, 3.63) is 0 Å². The molecule has 3 amide bonds. The van der Waals surface area contributed by atoms with E-state index in [0.717, 1.165) is 0 Å². The van der Waals surface area contributed by atoms with E-state index in [1.807, 2.05) is 27.7 Å². The third-order valence-electron chi connectivity index (χ3n) is 1.81. The average molecular weight is 186 g/mol. The summed E-state index contributed by atoms with van der Waals surface area (Å²) >= 11 is 0. The third-order valence-corrected chi connectivity index (χ3v) is 1.81. The number of nitrogens with one attached hydrogen (secondary N) is 1. The van der Waals surface area contributed by atoms with Crippen LogP contribution in [0, 0.1) is 5.41 Å². The Bertz CT molecular complexity index is 212. The predicted octanol–water partition coefficient (Wildman–Crippen LogP) is 1.22. The van der Waals surface area contributed by atoms with Gasteiger partial charge in [0.25, 0.3) is 0 Å². The zero-order valence-corrected chi connectivity index (χ0v) is 8.97. The fourth-order valence-corrected chi connectivity index (χ4v) is 1.10. The maximum atomic E-state index is 11.1. The van der Waals surface area contributed by atoms with Gasteiger partial charge < -0.3 is 4.90 Å². The van der Waals surface area contributed by atoms with E-state index in [1.54, 1.807) is 7.05 Å². The number of imide groups is 1. The van der Waals surface area contributed by atoms with Crippen LogP contribution in [0.1, 0.15) is 27.7 Å². The van der Waals surface area contributed by atoms with Gasteiger partial charge in [-0.05, 0) is 13.8 Å². The fraction of sp³-hybridized carbons (Fsp3) is 0.778. The number of carbonyl (C=O) groups is 2. The lowest BCUT2D eigenvalue weighted by molar-refractivity contribution is -0.130. The average Bonchev–Trinajstić information content (AvgIpc) is 2.05. The maximum absolute atomic E-state index is 11.1. The smallest absolute Gasteiger partial charge is 0.323 e. The molecule has 1 heterocycles. The van der Waals surface area contributed by atoms with Gasteiger partial charge in [-0.3, -0.25) is 10.1 Å². The quantitative estimate of drug-likeness (QED) is 0.618. The molecule has 0 aromatic heterocycles. The van der Waals surface area contributed by atoms with Crippen LogP contribution in [0.25, 0.3) is 0 Å². The van der Waals surface area contributed by atoms with Crippen LogP contribution >= 0.6 is 0 Å². The van der Waals surface area contributed by atoms with Gasteiger partial charge in [0.05, 0.1) is 5.41 Å². The minimum absolute atomic E-state index is 0.194. The van der Waals surface area contributed by atoms with Gasteiger partial charge in [-0.15, -0.1) is 0 Å². The maximum Gasteiger partial charge on any atom is 0.323 e. The Morgan fingerprint density at radius 3 is 2.15 bits per heavy atom. The molecule has 0 unspecified atom stereocenters. The molecule has 1 rings (SSSR count). The topological polar surface area (TPSA) is 49.4 Å². The van der Waals surface area contributed by atoms with Crippen LogP contribution in [0.2, 0.25) is 0 Å². The zero-order chi connectivity index (χ0) is 10.6. The summed E-state index contributed by atoms with van der Waals surface area (Å²) in [6, 6.07) is -0.311. The lowest BCUT2D eigenvalue weighted by Crippen LogP contribution is -2.56. The van der Waals surface area contributed by atoms with Gasteiger partial charge >= 0.3 is 6.03 Å². The minimum atomic E-state index is -0.456. The summed E-state index contributed by atoms with van der Waals surface area (Å²) in [4.78, 5) is 23.5. The van der Waals surface area contributed by atoms with E-state index in [9.17, 15) is 9.59 Å². The third kappa shape index (κ3) is 2.72. The first-order chi connectivity index (χ1) is 5.93. The Hall–Kier alpha value is -1.06. The molecule has 1 N–H and O–H groups in total. The van der Waals surface area contributed by atoms with E-state index in [4.69, 9.17) is 0 Å². The van der Waals surface area contributed by atoms with E-state index in [1.165, 1.54) is 4.90 Å². The van der Waals surface area contributed by atoms with Gasteiger partial charge in [-0.1, -0.05) is 13.8 Å². The Morgan fingerprint density at radius 1 is 1.31 bits per heavy atom. The SMILES string of the molecule is CC.CN1CC(C)(C)C(=O)NC1=O. The summed E-state index contributed by atoms with van der Waals surface area (Å²) in [6.45, 7) is 8.11. The molecule has 0 aliphatic carbocycles. The second kappa shape index (κ2) is 4.25. The highest BCUT2D eigenvalue weighted by Gasteiger charge is 2.36. The molecule has 0 aromatic carbocycles. The predicted molar refractivity (Wildman–Crippen MR) is 51.3 cm³/mol. The van der Waals surface area contributed by atoms with Crippen LogP contribution in [-0.4, -0.2) is 30.4 Å². The first-order valence-corrected chi connectivity index (χ1v) is 4.50. The van der Waals surface area contributed by atoms with Crippen LogP contribution in [0.4, 0.5) is 4.79 Å². The minimum Gasteiger partial charge on any atom is -0.326 e. The summed E-state index contributed by atoms with van der Waals surface area (Å²) < 4.78 is 0. The lowest BCUT2D eigenvalue weighted by Gasteiger charge is -2.34. The number of carbonyl (C=O) groups excluding carboxylic acids is 2. The number of amides is 3. The molecule has 0 atom stereocenters. The molecule has 1 saturated heterocycles. The second-order valence-electron chi connectivity index (χ2n) is 3.50. The molecule has 0 saturated carbocycles. The van der Waals surface area contributed by atoms with Crippen molar-refractivity contribution in [2.75, 3.05) is 13.6 Å². The molecule has 0 bridgehead atoms. The van der Waals surface area contributed by atoms with Crippen molar-refractivity contribution in [3.8, 4) is 0 Å². The van der Waals surface area contributed by atoms with E-state index < -0.39 is 5.41 Å². The molecule has 4 heteroatoms. The molecular weight excluding hydrogens is 168 g/mol. The largest absolute Gasteiger partial charge is 0.326 e. The number of nitrogens with zero attached hydrogens (tertiary/aromatic N) is 1. The van der Waals surface area contributed by atoms with Gasteiger partial charge in [-0.25, -0.2) is 4.79 Å². The molecule has 1 aliphatic rings. The van der Waals surface area contributed by atoms with Crippen LogP contribution in [-0.2, 0) is 4.79 Å². The molecule has 76 valence electrons. The molecule has 1 aliphatic heterocycles. The van der Waals surface area contributed by atoms with Crippen molar-refractivity contribution >= 4 is 11.9 Å². The van der Waals surface area contributed by atoms with E-state index >= 15 is 0 Å². The number of hydrogen-bond donors (Lipinski definition) is 1. The van der Waals surface area contributed by atoms with Crippen molar-refractivity contribution in [3.63, 3.8) is 0 Å². The van der Waals surface area contributed by atoms with Crippen molar-refractivity contribution in [1.82, 2.24) is 10.2 Å². The first kappa shape index (κ1) is 11.9. The van der Waals surface area contributed by atoms with E-state index in [-0.39, 0.29) is 11.9 Å². The Balaban J connectivity index is 0.000000671. The highest BCUT2D eigenvalue weighted by Crippen LogP contribution is 2.19. The number of hydrogen-bond acceptors (Lipinski definition) is 2. The van der Waals surface area contributed by atoms with Gasteiger partial charge in [0, 0.05) is 13.6 Å². The summed E-state index contributed by atoms with van der Waals surface area (Å²) in [7, 11) is 1.67. The first-order valence-electron chi connectivity index (χ1n) is 4.50. The molecular formula is C9H18N2O2. The molecule has 0 radical (unpaired) electrons. The van der Waals surface area contributed by atoms with Crippen molar-refractivity contribution < 1.29 is 9.59 Å². The normalized spacial score (nSPS) is 20.2. The van der Waals surface area contributed by atoms with Crippen molar-refractivity contribution in [2.24, 2.45) is 5.41 Å². The second-order valence-corrected chi connectivity index (χ2v) is 3.50. The lowest BCUT2D eigenvalue weighted by atomic mass is 9.90. The zero-order valence-electron chi connectivity index (χ0n) is 8.97. The molecule has 1 fully saturated rings. The standard InChI is InChI=1S/C7H12N2O2.C2H6/c1-7(2)4-9(3)6(11)8-5(7)10;1-2/h4H2,1-3H3,(H,8,10,11);1-2H3. The van der Waals surface area contributed by atoms with Crippen molar-refractivity contribution in [1.29, 1.82) is 0 Å². The summed E-state index contributed by atoms with van der Waals surface area (Å²) in [5, 5.41) is 2.27. The van der Waals surface area contributed by atoms with Crippen LogP contribution in [0.15, 0.2) is 0 Å². The van der Waals surface area contributed by atoms with Gasteiger partial charge in [0.2, 0.25) is 5.91 Å². The summed E-state index contributed by atoms with van der Waals surface area (Å²) in [5.74, 6) is -0.194. The van der Waals surface area contributed by atoms with Crippen LogP contribution in [0.3, 0.4) is 0 Å². The molecule has 0 aromatic rings. The molecule has 4 nitrogen and oxygen atoms in total. The Morgan fingerprint density at radius 2 is 1.77 bits per heavy atom. The Labute approximate surface area is 79.3 Å². The highest BCUT2D eigenvalue weighted by atomic mass is 16.2. The number of rotatable bonds is 0. The van der Waals surface area contributed by atoms with Gasteiger partial charge in [-0.2, -0.15) is 0 Å². The van der Waals surface area contributed by atoms with E-state index in [0.29, 0.717) is 6.54 Å². The Kier molecular flexibility index (Phi) is 3.91. The van der Waals surface area contributed by atoms with Crippen LogP contribution < -0.4 is 5.32 Å². The molecule has 0 spiro atoms. The highest BCUT2D eigenvalue weighted by molar-refractivity contribution is 5.99.